The molecular formula is C21H22ClN3O4S. The van der Waals surface area contributed by atoms with Crippen LogP contribution in [0.15, 0.2) is 48.5 Å². The van der Waals surface area contributed by atoms with Gasteiger partial charge in [0.15, 0.2) is 9.84 Å². The molecule has 30 heavy (non-hydrogen) atoms. The van der Waals surface area contributed by atoms with Gasteiger partial charge in [0.1, 0.15) is 24.7 Å². The number of amides is 1. The van der Waals surface area contributed by atoms with Crippen molar-refractivity contribution in [2.24, 2.45) is 5.92 Å². The van der Waals surface area contributed by atoms with Gasteiger partial charge in [-0.05, 0) is 48.7 Å². The summed E-state index contributed by atoms with van der Waals surface area (Å²) in [6, 6.07) is 14.6. The minimum absolute atomic E-state index is 0.0220. The Bertz CT molecular complexity index is 1160. The molecule has 1 amide bonds. The topological polar surface area (TPSA) is 90.3 Å². The van der Waals surface area contributed by atoms with Crippen LogP contribution in [0.5, 0.6) is 5.75 Å². The fourth-order valence-corrected chi connectivity index (χ4v) is 5.57. The molecule has 0 saturated carbocycles. The van der Waals surface area contributed by atoms with Crippen LogP contribution in [0.25, 0.3) is 11.0 Å². The number of nitrogens with zero attached hydrogens (tertiary/aromatic N) is 2. The van der Waals surface area contributed by atoms with Crippen molar-refractivity contribution in [2.75, 3.05) is 18.1 Å². The first-order valence-electron chi connectivity index (χ1n) is 9.69. The summed E-state index contributed by atoms with van der Waals surface area (Å²) >= 11 is 5.91. The van der Waals surface area contributed by atoms with E-state index in [4.69, 9.17) is 16.3 Å². The summed E-state index contributed by atoms with van der Waals surface area (Å²) in [5, 5.41) is 3.49. The zero-order valence-electron chi connectivity index (χ0n) is 16.3. The van der Waals surface area contributed by atoms with E-state index in [0.29, 0.717) is 29.6 Å². The van der Waals surface area contributed by atoms with Crippen LogP contribution in [0.4, 0.5) is 0 Å². The molecule has 9 heteroatoms. The maximum Gasteiger partial charge on any atom is 0.240 e. The summed E-state index contributed by atoms with van der Waals surface area (Å²) in [4.78, 5) is 17.2. The van der Waals surface area contributed by atoms with E-state index < -0.39 is 9.84 Å². The van der Waals surface area contributed by atoms with E-state index in [1.54, 1.807) is 24.3 Å². The molecule has 1 fully saturated rings. The summed E-state index contributed by atoms with van der Waals surface area (Å²) in [6.45, 7) is 0.644. The van der Waals surface area contributed by atoms with Crippen LogP contribution in [0.1, 0.15) is 12.2 Å². The Kier molecular flexibility index (Phi) is 5.97. The van der Waals surface area contributed by atoms with Gasteiger partial charge in [-0.3, -0.25) is 4.79 Å². The molecule has 158 valence electrons. The van der Waals surface area contributed by atoms with E-state index in [0.717, 1.165) is 11.0 Å². The molecule has 1 unspecified atom stereocenters. The van der Waals surface area contributed by atoms with Crippen LogP contribution >= 0.6 is 11.6 Å². The lowest BCUT2D eigenvalue weighted by Gasteiger charge is -2.13. The first-order valence-corrected chi connectivity index (χ1v) is 11.9. The summed E-state index contributed by atoms with van der Waals surface area (Å²) in [7, 11) is -2.96. The molecule has 0 aliphatic carbocycles. The summed E-state index contributed by atoms with van der Waals surface area (Å²) in [5.74, 6) is 1.42. The number of para-hydroxylation sites is 2. The molecule has 7 nitrogen and oxygen atoms in total. The number of benzene rings is 2. The number of hydrogen-bond acceptors (Lipinski definition) is 5. The zero-order chi connectivity index (χ0) is 21.1. The van der Waals surface area contributed by atoms with Crippen LogP contribution in [-0.2, 0) is 27.8 Å². The first kappa shape index (κ1) is 20.7. The number of halogens is 1. The van der Waals surface area contributed by atoms with Gasteiger partial charge < -0.3 is 14.6 Å². The minimum atomic E-state index is -2.96. The number of nitrogens with one attached hydrogen (secondary N) is 1. The van der Waals surface area contributed by atoms with Crippen molar-refractivity contribution in [3.63, 3.8) is 0 Å². The highest BCUT2D eigenvalue weighted by Gasteiger charge is 2.28. The van der Waals surface area contributed by atoms with E-state index in [1.165, 1.54) is 0 Å². The summed E-state index contributed by atoms with van der Waals surface area (Å²) in [6.07, 6.45) is 0.594. The minimum Gasteiger partial charge on any atom is -0.486 e. The van der Waals surface area contributed by atoms with E-state index in [2.05, 4.69) is 10.3 Å². The van der Waals surface area contributed by atoms with Crippen molar-refractivity contribution in [3.8, 4) is 5.75 Å². The third kappa shape index (κ3) is 4.94. The van der Waals surface area contributed by atoms with Crippen LogP contribution in [0.3, 0.4) is 0 Å². The maximum atomic E-state index is 12.6. The molecular weight excluding hydrogens is 426 g/mol. The standard InChI is InChI=1S/C21H22ClN3O4S/c22-16-5-7-17(8-6-16)29-13-20-24-18-3-1-2-4-19(18)25(20)12-21(26)23-11-15-9-10-30(27,28)14-15/h1-8,15H,9-14H2,(H,23,26). The Labute approximate surface area is 179 Å². The molecule has 2 heterocycles. The largest absolute Gasteiger partial charge is 0.486 e. The monoisotopic (exact) mass is 447 g/mol. The number of carbonyl (C=O) groups is 1. The smallest absolute Gasteiger partial charge is 0.240 e. The second-order valence-corrected chi connectivity index (χ2v) is 10.1. The van der Waals surface area contributed by atoms with Gasteiger partial charge in [-0.2, -0.15) is 0 Å². The van der Waals surface area contributed by atoms with Gasteiger partial charge in [0.2, 0.25) is 5.91 Å². The van der Waals surface area contributed by atoms with Gasteiger partial charge in [0.25, 0.3) is 0 Å². The molecule has 4 rings (SSSR count). The Hall–Kier alpha value is -2.58. The average Bonchev–Trinajstić information content (AvgIpc) is 3.25. The number of imidazole rings is 1. The number of sulfone groups is 1. The SMILES string of the molecule is O=C(Cn1c(COc2ccc(Cl)cc2)nc2ccccc21)NCC1CCS(=O)(=O)C1. The molecule has 3 aromatic rings. The van der Waals surface area contributed by atoms with Crippen LogP contribution in [0.2, 0.25) is 5.02 Å². The van der Waals surface area contributed by atoms with E-state index in [-0.39, 0.29) is 36.5 Å². The Morgan fingerprint density at radius 3 is 2.70 bits per heavy atom. The number of hydrogen-bond donors (Lipinski definition) is 1. The van der Waals surface area contributed by atoms with Crippen molar-refractivity contribution in [2.45, 2.75) is 19.6 Å². The molecule has 1 atom stereocenters. The highest BCUT2D eigenvalue weighted by atomic mass is 35.5. The third-order valence-corrected chi connectivity index (χ3v) is 7.22. The lowest BCUT2D eigenvalue weighted by molar-refractivity contribution is -0.121. The van der Waals surface area contributed by atoms with E-state index in [9.17, 15) is 13.2 Å². The quantitative estimate of drug-likeness (QED) is 0.601. The normalized spacial score (nSPS) is 17.8. The van der Waals surface area contributed by atoms with E-state index >= 15 is 0 Å². The highest BCUT2D eigenvalue weighted by molar-refractivity contribution is 7.91. The predicted octanol–water partition coefficient (Wildman–Crippen LogP) is 2.82. The zero-order valence-corrected chi connectivity index (χ0v) is 17.8. The lowest BCUT2D eigenvalue weighted by Crippen LogP contribution is -2.33. The molecule has 1 saturated heterocycles. The van der Waals surface area contributed by atoms with Crippen LogP contribution in [-0.4, -0.2) is 41.9 Å². The Morgan fingerprint density at radius 1 is 1.20 bits per heavy atom. The van der Waals surface area contributed by atoms with Crippen molar-refractivity contribution in [1.82, 2.24) is 14.9 Å². The number of fused-ring (bicyclic) bond motifs is 1. The second-order valence-electron chi connectivity index (χ2n) is 7.42. The molecule has 0 radical (unpaired) electrons. The van der Waals surface area contributed by atoms with Gasteiger partial charge in [0, 0.05) is 11.6 Å². The van der Waals surface area contributed by atoms with Gasteiger partial charge in [-0.1, -0.05) is 23.7 Å². The van der Waals surface area contributed by atoms with Gasteiger partial charge >= 0.3 is 0 Å². The number of carbonyl (C=O) groups excluding carboxylic acids is 1. The van der Waals surface area contributed by atoms with Gasteiger partial charge in [-0.15, -0.1) is 0 Å². The third-order valence-electron chi connectivity index (χ3n) is 5.13. The second kappa shape index (κ2) is 8.65. The molecule has 1 aliphatic heterocycles. The van der Waals surface area contributed by atoms with E-state index in [1.807, 2.05) is 28.8 Å². The first-order chi connectivity index (χ1) is 14.4. The molecule has 0 spiro atoms. The fraction of sp³-hybridized carbons (Fsp3) is 0.333. The van der Waals surface area contributed by atoms with Crippen molar-refractivity contribution in [1.29, 1.82) is 0 Å². The average molecular weight is 448 g/mol. The number of aromatic nitrogens is 2. The molecule has 1 N–H and O–H groups in total. The molecule has 2 aromatic carbocycles. The van der Waals surface area contributed by atoms with Crippen LogP contribution < -0.4 is 10.1 Å². The van der Waals surface area contributed by atoms with Gasteiger partial charge in [-0.25, -0.2) is 13.4 Å². The number of rotatable bonds is 7. The van der Waals surface area contributed by atoms with Crippen LogP contribution in [0, 0.1) is 5.92 Å². The fourth-order valence-electron chi connectivity index (χ4n) is 3.58. The molecule has 0 bridgehead atoms. The maximum absolute atomic E-state index is 12.6. The lowest BCUT2D eigenvalue weighted by atomic mass is 10.1. The molecule has 1 aromatic heterocycles. The molecule has 1 aliphatic rings. The Balaban J connectivity index is 1.45. The van der Waals surface area contributed by atoms with Crippen molar-refractivity contribution in [3.05, 3.63) is 59.4 Å². The summed E-state index contributed by atoms with van der Waals surface area (Å²) < 4.78 is 30.8. The predicted molar refractivity (Wildman–Crippen MR) is 115 cm³/mol. The van der Waals surface area contributed by atoms with Crippen molar-refractivity contribution >= 4 is 38.4 Å². The Morgan fingerprint density at radius 2 is 1.97 bits per heavy atom. The van der Waals surface area contributed by atoms with Crippen molar-refractivity contribution < 1.29 is 17.9 Å². The number of ether oxygens (including phenoxy) is 1. The summed E-state index contributed by atoms with van der Waals surface area (Å²) in [5.41, 5.74) is 1.62. The van der Waals surface area contributed by atoms with Gasteiger partial charge in [0.05, 0.1) is 22.5 Å². The highest BCUT2D eigenvalue weighted by Crippen LogP contribution is 2.20.